The van der Waals surface area contributed by atoms with Crippen molar-refractivity contribution in [3.8, 4) is 17.2 Å². The van der Waals surface area contributed by atoms with E-state index in [1.54, 1.807) is 14.2 Å². The molecular weight excluding hydrogens is 398 g/mol. The summed E-state index contributed by atoms with van der Waals surface area (Å²) in [4.78, 5) is 2.47. The lowest BCUT2D eigenvalue weighted by Gasteiger charge is -2.46. The maximum atomic E-state index is 6.83. The molecule has 0 radical (unpaired) electrons. The summed E-state index contributed by atoms with van der Waals surface area (Å²) < 4.78 is 18.0. The first kappa shape index (κ1) is 19.2. The van der Waals surface area contributed by atoms with Crippen LogP contribution in [0.25, 0.3) is 10.8 Å². The van der Waals surface area contributed by atoms with Gasteiger partial charge in [-0.25, -0.2) is 0 Å². The molecule has 2 aliphatic rings. The number of ether oxygens (including phenoxy) is 3. The Hall–Kier alpha value is -3.50. The van der Waals surface area contributed by atoms with Crippen molar-refractivity contribution in [3.63, 3.8) is 0 Å². The minimum atomic E-state index is -0.193. The zero-order valence-electron chi connectivity index (χ0n) is 18.2. The number of fused-ring (bicyclic) bond motifs is 6. The van der Waals surface area contributed by atoms with Gasteiger partial charge in [0.2, 0.25) is 0 Å². The minimum absolute atomic E-state index is 0.121. The summed E-state index contributed by atoms with van der Waals surface area (Å²) in [7, 11) is 3.37. The lowest BCUT2D eigenvalue weighted by molar-refractivity contribution is -0.0256. The lowest BCUT2D eigenvalue weighted by atomic mass is 9.88. The molecule has 2 heterocycles. The molecule has 4 aromatic carbocycles. The Morgan fingerprint density at radius 3 is 2.38 bits per heavy atom. The first-order valence-corrected chi connectivity index (χ1v) is 11.0. The number of methoxy groups -OCH3 is 2. The Labute approximate surface area is 188 Å². The highest BCUT2D eigenvalue weighted by Gasteiger charge is 2.41. The fraction of sp³-hybridized carbons (Fsp3) is 0.214. The monoisotopic (exact) mass is 423 g/mol. The summed E-state index contributed by atoms with van der Waals surface area (Å²) in [5, 5.41) is 2.34. The summed E-state index contributed by atoms with van der Waals surface area (Å²) in [6, 6.07) is 28.0. The third-order valence-electron chi connectivity index (χ3n) is 6.73. The van der Waals surface area contributed by atoms with Crippen molar-refractivity contribution < 1.29 is 14.2 Å². The molecule has 32 heavy (non-hydrogen) atoms. The van der Waals surface area contributed by atoms with Crippen molar-refractivity contribution in [2.75, 3.05) is 20.8 Å². The van der Waals surface area contributed by atoms with Crippen LogP contribution >= 0.6 is 0 Å². The zero-order valence-corrected chi connectivity index (χ0v) is 18.2. The van der Waals surface area contributed by atoms with Gasteiger partial charge in [0.1, 0.15) is 5.75 Å². The Morgan fingerprint density at radius 2 is 1.56 bits per heavy atom. The molecule has 0 bridgehead atoms. The minimum Gasteiger partial charge on any atom is -0.493 e. The third kappa shape index (κ3) is 2.87. The van der Waals surface area contributed by atoms with E-state index in [2.05, 4.69) is 83.8 Å². The molecule has 0 saturated heterocycles. The fourth-order valence-corrected chi connectivity index (χ4v) is 5.23. The Balaban J connectivity index is 1.58. The number of benzene rings is 4. The second-order valence-corrected chi connectivity index (χ2v) is 8.38. The van der Waals surface area contributed by atoms with Crippen LogP contribution in [0.4, 0.5) is 0 Å². The van der Waals surface area contributed by atoms with Gasteiger partial charge in [-0.15, -0.1) is 0 Å². The van der Waals surface area contributed by atoms with Crippen molar-refractivity contribution in [2.45, 2.75) is 18.7 Å². The van der Waals surface area contributed by atoms with Crippen molar-refractivity contribution >= 4 is 10.8 Å². The van der Waals surface area contributed by atoms with Crippen molar-refractivity contribution in [1.29, 1.82) is 0 Å². The van der Waals surface area contributed by atoms with Crippen LogP contribution in [0, 0.1) is 0 Å². The fourth-order valence-electron chi connectivity index (χ4n) is 5.23. The van der Waals surface area contributed by atoms with Gasteiger partial charge in [0.05, 0.1) is 20.3 Å². The van der Waals surface area contributed by atoms with Gasteiger partial charge in [-0.05, 0) is 35.1 Å². The van der Waals surface area contributed by atoms with Crippen LogP contribution in [0.2, 0.25) is 0 Å². The molecule has 0 aliphatic carbocycles. The molecule has 4 heteroatoms. The van der Waals surface area contributed by atoms with Gasteiger partial charge in [-0.1, -0.05) is 66.7 Å². The molecule has 6 rings (SSSR count). The maximum Gasteiger partial charge on any atom is 0.180 e. The number of rotatable bonds is 3. The first-order chi connectivity index (χ1) is 15.8. The Bertz CT molecular complexity index is 1300. The number of hydrogen-bond donors (Lipinski definition) is 0. The molecule has 4 aromatic rings. The molecule has 4 nitrogen and oxygen atoms in total. The van der Waals surface area contributed by atoms with Crippen molar-refractivity contribution in [2.24, 2.45) is 0 Å². The molecule has 0 amide bonds. The van der Waals surface area contributed by atoms with Gasteiger partial charge in [0.25, 0.3) is 0 Å². The average Bonchev–Trinajstić information content (AvgIpc) is 2.86. The highest BCUT2D eigenvalue weighted by Crippen LogP contribution is 2.51. The summed E-state index contributed by atoms with van der Waals surface area (Å²) in [6.07, 6.45) is 0.740. The van der Waals surface area contributed by atoms with Gasteiger partial charge in [-0.3, -0.25) is 4.90 Å². The number of hydrogen-bond acceptors (Lipinski definition) is 4. The molecule has 0 aromatic heterocycles. The Morgan fingerprint density at radius 1 is 0.812 bits per heavy atom. The molecular formula is C28H25NO3. The van der Waals surface area contributed by atoms with Crippen LogP contribution in [0.3, 0.4) is 0 Å². The van der Waals surface area contributed by atoms with E-state index in [1.165, 1.54) is 22.1 Å². The number of nitrogens with zero attached hydrogens (tertiary/aromatic N) is 1. The second-order valence-electron chi connectivity index (χ2n) is 8.38. The molecule has 0 N–H and O–H groups in total. The standard InChI is InChI=1S/C28H25NO3/c1-30-24-16-20-14-15-29-26(19-9-4-3-5-10-19)22-13-12-18-8-6-7-11-21(18)27(22)32-28(29)23(20)17-25(24)31-2/h3-13,16-17,26,28H,14-15H2,1-2H3. The van der Waals surface area contributed by atoms with Crippen LogP contribution in [0.1, 0.15) is 34.5 Å². The molecule has 2 atom stereocenters. The topological polar surface area (TPSA) is 30.9 Å². The van der Waals surface area contributed by atoms with E-state index in [0.29, 0.717) is 0 Å². The van der Waals surface area contributed by atoms with E-state index in [-0.39, 0.29) is 12.3 Å². The van der Waals surface area contributed by atoms with Crippen LogP contribution in [-0.4, -0.2) is 25.7 Å². The molecule has 0 spiro atoms. The average molecular weight is 424 g/mol. The predicted octanol–water partition coefficient (Wildman–Crippen LogP) is 5.90. The third-order valence-corrected chi connectivity index (χ3v) is 6.73. The lowest BCUT2D eigenvalue weighted by Crippen LogP contribution is -2.44. The SMILES string of the molecule is COc1cc2c(cc1OC)C1Oc3c(ccc4ccccc34)C(c3ccccc3)N1CC2. The second kappa shape index (κ2) is 7.57. The van der Waals surface area contributed by atoms with E-state index in [1.807, 2.05) is 0 Å². The zero-order chi connectivity index (χ0) is 21.7. The summed E-state index contributed by atoms with van der Waals surface area (Å²) in [5.74, 6) is 2.47. The van der Waals surface area contributed by atoms with Crippen LogP contribution in [0.15, 0.2) is 78.9 Å². The van der Waals surface area contributed by atoms with E-state index in [0.717, 1.165) is 41.2 Å². The van der Waals surface area contributed by atoms with Gasteiger partial charge in [0, 0.05) is 23.1 Å². The quantitative estimate of drug-likeness (QED) is 0.411. The van der Waals surface area contributed by atoms with Crippen LogP contribution < -0.4 is 14.2 Å². The first-order valence-electron chi connectivity index (χ1n) is 11.0. The molecule has 0 fully saturated rings. The van der Waals surface area contributed by atoms with E-state index < -0.39 is 0 Å². The highest BCUT2D eigenvalue weighted by atomic mass is 16.5. The predicted molar refractivity (Wildman–Crippen MR) is 126 cm³/mol. The van der Waals surface area contributed by atoms with Gasteiger partial charge in [0.15, 0.2) is 17.7 Å². The van der Waals surface area contributed by atoms with Crippen molar-refractivity contribution in [3.05, 3.63) is 101 Å². The van der Waals surface area contributed by atoms with Gasteiger partial charge >= 0.3 is 0 Å². The molecule has 2 unspecified atom stereocenters. The summed E-state index contributed by atoms with van der Waals surface area (Å²) >= 11 is 0. The smallest absolute Gasteiger partial charge is 0.180 e. The van der Waals surface area contributed by atoms with Crippen molar-refractivity contribution in [1.82, 2.24) is 4.90 Å². The normalized spacial score (nSPS) is 19.4. The Kier molecular flexibility index (Phi) is 4.54. The molecule has 160 valence electrons. The van der Waals surface area contributed by atoms with E-state index in [9.17, 15) is 0 Å². The molecule has 0 saturated carbocycles. The molecule has 2 aliphatic heterocycles. The largest absolute Gasteiger partial charge is 0.493 e. The van der Waals surface area contributed by atoms with E-state index >= 15 is 0 Å². The highest BCUT2D eigenvalue weighted by molar-refractivity contribution is 5.90. The van der Waals surface area contributed by atoms with Gasteiger partial charge < -0.3 is 14.2 Å². The van der Waals surface area contributed by atoms with Crippen LogP contribution in [-0.2, 0) is 6.42 Å². The summed E-state index contributed by atoms with van der Waals surface area (Å²) in [5.41, 5.74) is 4.89. The maximum absolute atomic E-state index is 6.83. The van der Waals surface area contributed by atoms with Gasteiger partial charge in [-0.2, -0.15) is 0 Å². The summed E-state index contributed by atoms with van der Waals surface area (Å²) in [6.45, 7) is 0.902. The van der Waals surface area contributed by atoms with E-state index in [4.69, 9.17) is 14.2 Å². The van der Waals surface area contributed by atoms with Crippen LogP contribution in [0.5, 0.6) is 17.2 Å².